The smallest absolute Gasteiger partial charge is 0.180 e. The second-order valence-electron chi connectivity index (χ2n) is 2.05. The molecule has 5 heteroatoms. The molecule has 1 aromatic rings. The van der Waals surface area contributed by atoms with E-state index in [1.165, 1.54) is 0 Å². The van der Waals surface area contributed by atoms with Gasteiger partial charge in [0, 0.05) is 0 Å². The summed E-state index contributed by atoms with van der Waals surface area (Å²) in [6, 6.07) is 10.4. The predicted octanol–water partition coefficient (Wildman–Crippen LogP) is 3.42. The van der Waals surface area contributed by atoms with Gasteiger partial charge in [-0.2, -0.15) is 10.5 Å². The molecule has 0 aliphatic carbocycles. The fourth-order valence-electron chi connectivity index (χ4n) is 0.619. The molecular weight excluding hydrogens is 242 g/mol. The van der Waals surface area contributed by atoms with E-state index >= 15 is 0 Å². The van der Waals surface area contributed by atoms with Crippen LogP contribution in [0.1, 0.15) is 11.1 Å². The zero-order valence-corrected chi connectivity index (χ0v) is 9.18. The molecule has 0 bridgehead atoms. The van der Waals surface area contributed by atoms with E-state index in [0.717, 1.165) is 0 Å². The third kappa shape index (κ3) is 6.57. The molecule has 0 spiro atoms. The topological polar surface area (TPSA) is 47.6 Å². The second kappa shape index (κ2) is 7.47. The van der Waals surface area contributed by atoms with E-state index in [1.807, 2.05) is 12.1 Å². The van der Waals surface area contributed by atoms with Gasteiger partial charge >= 0.3 is 0 Å². The first-order valence-corrected chi connectivity index (χ1v) is 4.73. The monoisotopic (exact) mass is 246 g/mol. The Kier molecular flexibility index (Phi) is 6.98. The highest BCUT2D eigenvalue weighted by Crippen LogP contribution is 2.03. The van der Waals surface area contributed by atoms with Gasteiger partial charge in [0.25, 0.3) is 0 Å². The second-order valence-corrected chi connectivity index (χ2v) is 4.03. The number of benzene rings is 1. The Morgan fingerprint density at radius 1 is 0.857 bits per heavy atom. The number of nitrogens with zero attached hydrogens (tertiary/aromatic N) is 2. The number of hydrogen-bond acceptors (Lipinski definition) is 2. The zero-order chi connectivity index (χ0) is 11.0. The highest BCUT2D eigenvalue weighted by atomic mass is 35.6. The minimum absolute atomic E-state index is 0.582. The molecule has 0 aliphatic heterocycles. The fourth-order valence-corrected chi connectivity index (χ4v) is 0.619. The number of hydrogen-bond donors (Lipinski definition) is 0. The summed E-state index contributed by atoms with van der Waals surface area (Å²) in [7, 11) is 0. The lowest BCUT2D eigenvalue weighted by Crippen LogP contribution is -1.74. The first kappa shape index (κ1) is 13.1. The molecular formula is C9H5Cl3N2. The van der Waals surface area contributed by atoms with Crippen LogP contribution in [0, 0.1) is 22.7 Å². The average molecular weight is 248 g/mol. The summed E-state index contributed by atoms with van der Waals surface area (Å²) in [6.45, 7) is 0. The van der Waals surface area contributed by atoms with Gasteiger partial charge in [-0.05, 0) is 24.3 Å². The largest absolute Gasteiger partial charge is 0.192 e. The van der Waals surface area contributed by atoms with E-state index in [9.17, 15) is 0 Å². The molecule has 0 aliphatic rings. The van der Waals surface area contributed by atoms with Crippen molar-refractivity contribution < 1.29 is 0 Å². The van der Waals surface area contributed by atoms with Crippen molar-refractivity contribution in [3.63, 3.8) is 0 Å². The number of rotatable bonds is 0. The van der Waals surface area contributed by atoms with Crippen molar-refractivity contribution in [1.29, 1.82) is 10.5 Å². The minimum atomic E-state index is -0.750. The third-order valence-electron chi connectivity index (χ3n) is 1.14. The van der Waals surface area contributed by atoms with E-state index in [1.54, 1.807) is 24.3 Å². The maximum Gasteiger partial charge on any atom is 0.180 e. The van der Waals surface area contributed by atoms with Crippen LogP contribution in [-0.2, 0) is 0 Å². The zero-order valence-electron chi connectivity index (χ0n) is 6.92. The van der Waals surface area contributed by atoms with E-state index in [-0.39, 0.29) is 0 Å². The highest BCUT2D eigenvalue weighted by molar-refractivity contribution is 6.63. The molecule has 0 atom stereocenters. The normalized spacial score (nSPS) is 8.14. The SMILES string of the molecule is ClC(Cl)Cl.N#Cc1ccc(C#N)cc1. The molecule has 0 aromatic heterocycles. The van der Waals surface area contributed by atoms with E-state index < -0.39 is 4.30 Å². The summed E-state index contributed by atoms with van der Waals surface area (Å²) in [5.41, 5.74) is 1.16. The lowest BCUT2D eigenvalue weighted by molar-refractivity contribution is 1.45. The number of nitriles is 2. The van der Waals surface area contributed by atoms with Crippen LogP contribution in [0.15, 0.2) is 24.3 Å². The van der Waals surface area contributed by atoms with Crippen molar-refractivity contribution in [1.82, 2.24) is 0 Å². The van der Waals surface area contributed by atoms with Crippen LogP contribution in [0.25, 0.3) is 0 Å². The summed E-state index contributed by atoms with van der Waals surface area (Å²) in [6.07, 6.45) is 0. The van der Waals surface area contributed by atoms with Crippen LogP contribution in [0.5, 0.6) is 0 Å². The van der Waals surface area contributed by atoms with Gasteiger partial charge in [0.15, 0.2) is 4.30 Å². The molecule has 2 nitrogen and oxygen atoms in total. The third-order valence-corrected chi connectivity index (χ3v) is 1.14. The van der Waals surface area contributed by atoms with Crippen LogP contribution in [0.2, 0.25) is 0 Å². The Balaban J connectivity index is 0.000000364. The summed E-state index contributed by atoms with van der Waals surface area (Å²) >= 11 is 14.4. The summed E-state index contributed by atoms with van der Waals surface area (Å²) in [5, 5.41) is 16.7. The van der Waals surface area contributed by atoms with Gasteiger partial charge in [0.05, 0.1) is 23.3 Å². The standard InChI is InChI=1S/C8H4N2.CHCl3/c9-5-7-1-2-8(6-10)4-3-7;2-1(3)4/h1-4H;1H. The maximum absolute atomic E-state index is 8.37. The molecule has 0 radical (unpaired) electrons. The Bertz CT molecular complexity index is 310. The number of alkyl halides is 3. The molecule has 72 valence electrons. The van der Waals surface area contributed by atoms with Crippen molar-refractivity contribution in [2.45, 2.75) is 4.30 Å². The molecule has 1 rings (SSSR count). The fraction of sp³-hybridized carbons (Fsp3) is 0.111. The minimum Gasteiger partial charge on any atom is -0.192 e. The van der Waals surface area contributed by atoms with Crippen molar-refractivity contribution in [2.75, 3.05) is 0 Å². The van der Waals surface area contributed by atoms with E-state index in [4.69, 9.17) is 45.3 Å². The van der Waals surface area contributed by atoms with E-state index in [0.29, 0.717) is 11.1 Å². The van der Waals surface area contributed by atoms with Crippen molar-refractivity contribution in [3.8, 4) is 12.1 Å². The average Bonchev–Trinajstić information content (AvgIpc) is 2.17. The van der Waals surface area contributed by atoms with Crippen molar-refractivity contribution >= 4 is 34.8 Å². The van der Waals surface area contributed by atoms with Gasteiger partial charge in [-0.25, -0.2) is 0 Å². The molecule has 0 saturated heterocycles. The number of halogens is 3. The van der Waals surface area contributed by atoms with Crippen molar-refractivity contribution in [3.05, 3.63) is 35.4 Å². The predicted molar refractivity (Wildman–Crippen MR) is 57.2 cm³/mol. The summed E-state index contributed by atoms with van der Waals surface area (Å²) in [4.78, 5) is 0. The van der Waals surface area contributed by atoms with Crippen LogP contribution in [-0.4, -0.2) is 4.30 Å². The van der Waals surface area contributed by atoms with E-state index in [2.05, 4.69) is 0 Å². The molecule has 0 N–H and O–H groups in total. The first-order chi connectivity index (χ1) is 6.60. The lowest BCUT2D eigenvalue weighted by Gasteiger charge is -1.85. The van der Waals surface area contributed by atoms with Gasteiger partial charge in [0.2, 0.25) is 0 Å². The maximum atomic E-state index is 8.37. The molecule has 0 unspecified atom stereocenters. The summed E-state index contributed by atoms with van der Waals surface area (Å²) in [5.74, 6) is 0. The molecule has 14 heavy (non-hydrogen) atoms. The molecule has 0 heterocycles. The molecule has 0 amide bonds. The first-order valence-electron chi connectivity index (χ1n) is 3.42. The molecule has 0 fully saturated rings. The summed E-state index contributed by atoms with van der Waals surface area (Å²) < 4.78 is -0.750. The van der Waals surface area contributed by atoms with Gasteiger partial charge in [0.1, 0.15) is 0 Å². The Morgan fingerprint density at radius 3 is 1.21 bits per heavy atom. The van der Waals surface area contributed by atoms with Gasteiger partial charge in [-0.15, -0.1) is 0 Å². The van der Waals surface area contributed by atoms with Gasteiger partial charge in [-0.1, -0.05) is 34.8 Å². The Labute approximate surface area is 97.2 Å². The van der Waals surface area contributed by atoms with Crippen LogP contribution in [0.3, 0.4) is 0 Å². The molecule has 0 saturated carbocycles. The Morgan fingerprint density at radius 2 is 1.07 bits per heavy atom. The van der Waals surface area contributed by atoms with Gasteiger partial charge in [-0.3, -0.25) is 0 Å². The van der Waals surface area contributed by atoms with Crippen LogP contribution >= 0.6 is 34.8 Å². The highest BCUT2D eigenvalue weighted by Gasteiger charge is 1.88. The lowest BCUT2D eigenvalue weighted by atomic mass is 10.2. The molecule has 1 aromatic carbocycles. The van der Waals surface area contributed by atoms with Crippen LogP contribution in [0.4, 0.5) is 0 Å². The van der Waals surface area contributed by atoms with Crippen LogP contribution < -0.4 is 0 Å². The van der Waals surface area contributed by atoms with Gasteiger partial charge < -0.3 is 0 Å². The Hall–Kier alpha value is -0.930. The van der Waals surface area contributed by atoms with Crippen molar-refractivity contribution in [2.24, 2.45) is 0 Å². The quantitative estimate of drug-likeness (QED) is 0.660.